The summed E-state index contributed by atoms with van der Waals surface area (Å²) in [4.78, 5) is 15.1. The number of nitrogens with zero attached hydrogens (tertiary/aromatic N) is 2. The van der Waals surface area contributed by atoms with E-state index in [4.69, 9.17) is 0 Å². The molecule has 3 atom stereocenters. The second-order valence-electron chi connectivity index (χ2n) is 8.96. The highest BCUT2D eigenvalue weighted by atomic mass is 16.2. The van der Waals surface area contributed by atoms with Gasteiger partial charge in [-0.15, -0.1) is 0 Å². The van der Waals surface area contributed by atoms with Gasteiger partial charge >= 0.3 is 0 Å². The third kappa shape index (κ3) is 2.12. The summed E-state index contributed by atoms with van der Waals surface area (Å²) in [5.41, 5.74) is -0.125. The van der Waals surface area contributed by atoms with Crippen molar-refractivity contribution in [3.63, 3.8) is 0 Å². The molecule has 3 heteroatoms. The van der Waals surface area contributed by atoms with E-state index in [0.29, 0.717) is 5.92 Å². The van der Waals surface area contributed by atoms with Crippen LogP contribution in [0.3, 0.4) is 0 Å². The zero-order chi connectivity index (χ0) is 17.8. The molecule has 2 aliphatic rings. The predicted molar refractivity (Wildman–Crippen MR) is 96.3 cm³/mol. The van der Waals surface area contributed by atoms with Gasteiger partial charge in [-0.05, 0) is 54.1 Å². The summed E-state index contributed by atoms with van der Waals surface area (Å²) in [6, 6.07) is 12.2. The van der Waals surface area contributed by atoms with Crippen LogP contribution in [0, 0.1) is 39.4 Å². The SMILES string of the molecule is CN(C(=O)C1(C#N)C2CC(C)(C)CCC2C1(C)C)c1ccccc1. The Balaban J connectivity index is 1.99. The minimum absolute atomic E-state index is 0.0415. The quantitative estimate of drug-likeness (QED) is 0.795. The van der Waals surface area contributed by atoms with E-state index in [1.165, 1.54) is 6.42 Å². The Hall–Kier alpha value is -1.82. The first kappa shape index (κ1) is 17.0. The molecule has 0 spiro atoms. The topological polar surface area (TPSA) is 44.1 Å². The van der Waals surface area contributed by atoms with Crippen LogP contribution in [0.15, 0.2) is 30.3 Å². The third-order valence-corrected chi connectivity index (χ3v) is 6.85. The zero-order valence-electron chi connectivity index (χ0n) is 15.5. The van der Waals surface area contributed by atoms with Gasteiger partial charge in [0.15, 0.2) is 0 Å². The average Bonchev–Trinajstić information content (AvgIpc) is 2.54. The number of hydrogen-bond donors (Lipinski definition) is 0. The van der Waals surface area contributed by atoms with Gasteiger partial charge in [0, 0.05) is 12.7 Å². The molecule has 24 heavy (non-hydrogen) atoms. The Morgan fingerprint density at radius 2 is 1.79 bits per heavy atom. The summed E-state index contributed by atoms with van der Waals surface area (Å²) in [7, 11) is 1.80. The Kier molecular flexibility index (Phi) is 3.79. The molecule has 3 unspecified atom stereocenters. The van der Waals surface area contributed by atoms with Gasteiger partial charge in [-0.2, -0.15) is 5.26 Å². The maximum Gasteiger partial charge on any atom is 0.248 e. The maximum atomic E-state index is 13.5. The van der Waals surface area contributed by atoms with E-state index < -0.39 is 5.41 Å². The Morgan fingerprint density at radius 1 is 1.17 bits per heavy atom. The van der Waals surface area contributed by atoms with Crippen LogP contribution in [0.2, 0.25) is 0 Å². The number of fused-ring (bicyclic) bond motifs is 1. The molecule has 0 bridgehead atoms. The average molecular weight is 324 g/mol. The first-order valence-electron chi connectivity index (χ1n) is 8.92. The largest absolute Gasteiger partial charge is 0.314 e. The number of rotatable bonds is 2. The number of amides is 1. The smallest absolute Gasteiger partial charge is 0.248 e. The maximum absolute atomic E-state index is 13.5. The van der Waals surface area contributed by atoms with Crippen LogP contribution in [0.5, 0.6) is 0 Å². The van der Waals surface area contributed by atoms with Crippen LogP contribution >= 0.6 is 0 Å². The molecule has 3 rings (SSSR count). The van der Waals surface area contributed by atoms with Crippen molar-refractivity contribution < 1.29 is 4.79 Å². The van der Waals surface area contributed by atoms with Crippen molar-refractivity contribution in [3.8, 4) is 6.07 Å². The van der Waals surface area contributed by atoms with E-state index in [2.05, 4.69) is 33.8 Å². The van der Waals surface area contributed by atoms with E-state index in [1.54, 1.807) is 11.9 Å². The van der Waals surface area contributed by atoms with Gasteiger partial charge in [0.1, 0.15) is 5.41 Å². The van der Waals surface area contributed by atoms with Crippen molar-refractivity contribution in [2.75, 3.05) is 11.9 Å². The molecule has 0 heterocycles. The highest BCUT2D eigenvalue weighted by molar-refractivity contribution is 6.00. The number of hydrogen-bond acceptors (Lipinski definition) is 2. The van der Waals surface area contributed by atoms with Crippen LogP contribution in [-0.2, 0) is 4.79 Å². The lowest BCUT2D eigenvalue weighted by molar-refractivity contribution is -0.195. The minimum atomic E-state index is -0.917. The van der Waals surface area contributed by atoms with Gasteiger partial charge in [0.05, 0.1) is 6.07 Å². The third-order valence-electron chi connectivity index (χ3n) is 6.85. The van der Waals surface area contributed by atoms with Gasteiger partial charge in [-0.1, -0.05) is 45.9 Å². The number of anilines is 1. The summed E-state index contributed by atoms with van der Waals surface area (Å²) >= 11 is 0. The fourth-order valence-corrected chi connectivity index (χ4v) is 5.32. The molecule has 1 aromatic rings. The van der Waals surface area contributed by atoms with Crippen molar-refractivity contribution in [3.05, 3.63) is 30.3 Å². The predicted octanol–water partition coefficient (Wildman–Crippen LogP) is 4.64. The number of carbonyl (C=O) groups is 1. The second-order valence-corrected chi connectivity index (χ2v) is 8.96. The summed E-state index contributed by atoms with van der Waals surface area (Å²) in [5.74, 6) is 0.596. The molecule has 0 aliphatic heterocycles. The molecule has 1 amide bonds. The van der Waals surface area contributed by atoms with Crippen molar-refractivity contribution in [2.24, 2.45) is 28.1 Å². The lowest BCUT2D eigenvalue weighted by Crippen LogP contribution is -2.70. The monoisotopic (exact) mass is 324 g/mol. The Labute approximate surface area is 145 Å². The summed E-state index contributed by atoms with van der Waals surface area (Å²) < 4.78 is 0. The molecule has 0 saturated heterocycles. The Morgan fingerprint density at radius 3 is 2.38 bits per heavy atom. The van der Waals surface area contributed by atoms with Crippen molar-refractivity contribution >= 4 is 11.6 Å². The first-order valence-corrected chi connectivity index (χ1v) is 8.92. The summed E-state index contributed by atoms with van der Waals surface area (Å²) in [6.07, 6.45) is 3.27. The number of para-hydroxylation sites is 1. The molecule has 0 N–H and O–H groups in total. The van der Waals surface area contributed by atoms with Crippen molar-refractivity contribution in [1.82, 2.24) is 0 Å². The van der Waals surface area contributed by atoms with Crippen molar-refractivity contribution in [1.29, 1.82) is 5.26 Å². The van der Waals surface area contributed by atoms with Gasteiger partial charge in [-0.25, -0.2) is 0 Å². The lowest BCUT2D eigenvalue weighted by atomic mass is 9.35. The van der Waals surface area contributed by atoms with Crippen molar-refractivity contribution in [2.45, 2.75) is 47.0 Å². The number of carbonyl (C=O) groups excluding carboxylic acids is 1. The second kappa shape index (κ2) is 5.34. The van der Waals surface area contributed by atoms with Crippen LogP contribution in [0.25, 0.3) is 0 Å². The Bertz CT molecular complexity index is 686. The van der Waals surface area contributed by atoms with E-state index in [9.17, 15) is 10.1 Å². The van der Waals surface area contributed by atoms with Crippen LogP contribution in [0.4, 0.5) is 5.69 Å². The van der Waals surface area contributed by atoms with Gasteiger partial charge in [-0.3, -0.25) is 4.79 Å². The molecular formula is C21H28N2O. The molecule has 2 saturated carbocycles. The highest BCUT2D eigenvalue weighted by Crippen LogP contribution is 2.71. The van der Waals surface area contributed by atoms with Crippen LogP contribution in [-0.4, -0.2) is 13.0 Å². The fraction of sp³-hybridized carbons (Fsp3) is 0.619. The molecule has 2 fully saturated rings. The van der Waals surface area contributed by atoms with Crippen LogP contribution < -0.4 is 4.90 Å². The van der Waals surface area contributed by atoms with E-state index in [1.807, 2.05) is 30.3 Å². The lowest BCUT2D eigenvalue weighted by Gasteiger charge is -2.67. The van der Waals surface area contributed by atoms with Gasteiger partial charge in [0.2, 0.25) is 5.91 Å². The molecule has 128 valence electrons. The fourth-order valence-electron chi connectivity index (χ4n) is 5.32. The van der Waals surface area contributed by atoms with Gasteiger partial charge in [0.25, 0.3) is 0 Å². The molecule has 3 nitrogen and oxygen atoms in total. The van der Waals surface area contributed by atoms with Gasteiger partial charge < -0.3 is 4.90 Å². The minimum Gasteiger partial charge on any atom is -0.314 e. The molecule has 0 radical (unpaired) electrons. The first-order chi connectivity index (χ1) is 11.2. The van der Waals surface area contributed by atoms with E-state index in [0.717, 1.165) is 18.5 Å². The molecule has 2 aliphatic carbocycles. The molecule has 0 aromatic heterocycles. The zero-order valence-corrected chi connectivity index (χ0v) is 15.5. The van der Waals surface area contributed by atoms with Crippen LogP contribution in [0.1, 0.15) is 47.0 Å². The normalized spacial score (nSPS) is 32.8. The summed E-state index contributed by atoms with van der Waals surface area (Å²) in [6.45, 7) is 8.77. The molecule has 1 aromatic carbocycles. The number of nitriles is 1. The van der Waals surface area contributed by atoms with E-state index >= 15 is 0 Å². The molecular weight excluding hydrogens is 296 g/mol. The highest BCUT2D eigenvalue weighted by Gasteiger charge is 2.73. The number of benzene rings is 1. The summed E-state index contributed by atoms with van der Waals surface area (Å²) in [5, 5.41) is 10.1. The van der Waals surface area contributed by atoms with E-state index in [-0.39, 0.29) is 22.7 Å². The standard InChI is InChI=1S/C21H28N2O/c1-19(2)12-11-16-17(13-19)21(14-22,20(16,3)4)18(24)23(5)15-9-7-6-8-10-15/h6-10,16-17H,11-13H2,1-5H3.